The highest BCUT2D eigenvalue weighted by Crippen LogP contribution is 2.00. The molecule has 76 valence electrons. The van der Waals surface area contributed by atoms with Crippen LogP contribution in [0.2, 0.25) is 12.6 Å². The predicted molar refractivity (Wildman–Crippen MR) is 55.2 cm³/mol. The molecule has 3 nitrogen and oxygen atoms in total. The topological polar surface area (TPSA) is 35.5 Å². The van der Waals surface area contributed by atoms with Gasteiger partial charge in [0.15, 0.2) is 9.04 Å². The first-order valence-electron chi connectivity index (χ1n) is 4.43. The third kappa shape index (κ3) is 6.54. The van der Waals surface area contributed by atoms with Gasteiger partial charge >= 0.3 is 5.97 Å². The maximum absolute atomic E-state index is 10.9. The molecule has 0 rings (SSSR count). The third-order valence-corrected chi connectivity index (χ3v) is 3.77. The number of carbonyl (C=O) groups is 1. The number of carbonyl (C=O) groups excluding carboxylic acids is 1. The van der Waals surface area contributed by atoms with Crippen molar-refractivity contribution in [2.45, 2.75) is 25.9 Å². The number of esters is 1. The fraction of sp³-hybridized carbons (Fsp3) is 0.667. The average Bonchev–Trinajstić information content (AvgIpc) is 2.11. The molecule has 0 spiro atoms. The van der Waals surface area contributed by atoms with Crippen LogP contribution in [0.15, 0.2) is 12.2 Å². The van der Waals surface area contributed by atoms with Crippen LogP contribution in [0, 0.1) is 0 Å². The van der Waals surface area contributed by atoms with Gasteiger partial charge in [-0.1, -0.05) is 6.58 Å². The molecule has 4 heteroatoms. The van der Waals surface area contributed by atoms with Gasteiger partial charge in [0.1, 0.15) is 0 Å². The Kier molecular flexibility index (Phi) is 6.53. The van der Waals surface area contributed by atoms with Crippen LogP contribution in [-0.4, -0.2) is 28.7 Å². The second-order valence-corrected chi connectivity index (χ2v) is 5.77. The Bertz CT molecular complexity index is 180. The van der Waals surface area contributed by atoms with Crippen LogP contribution in [-0.2, 0) is 14.0 Å². The van der Waals surface area contributed by atoms with Gasteiger partial charge in [0.25, 0.3) is 0 Å². The molecular weight excluding hydrogens is 184 g/mol. The van der Waals surface area contributed by atoms with Crippen molar-refractivity contribution < 1.29 is 14.0 Å². The number of hydrogen-bond donors (Lipinski definition) is 0. The van der Waals surface area contributed by atoms with Gasteiger partial charge in [-0.2, -0.15) is 0 Å². The van der Waals surface area contributed by atoms with Crippen LogP contribution in [0.3, 0.4) is 0 Å². The van der Waals surface area contributed by atoms with Crippen LogP contribution < -0.4 is 0 Å². The van der Waals surface area contributed by atoms with E-state index in [2.05, 4.69) is 13.1 Å². The Hall–Kier alpha value is -0.613. The highest BCUT2D eigenvalue weighted by atomic mass is 28.3. The summed E-state index contributed by atoms with van der Waals surface area (Å²) in [5.41, 5.74) is 0.456. The molecule has 0 amide bonds. The van der Waals surface area contributed by atoms with Crippen LogP contribution in [0.25, 0.3) is 0 Å². The first kappa shape index (κ1) is 12.4. The van der Waals surface area contributed by atoms with Crippen molar-refractivity contribution in [1.29, 1.82) is 0 Å². The summed E-state index contributed by atoms with van der Waals surface area (Å²) in [6.07, 6.45) is 0.889. The lowest BCUT2D eigenvalue weighted by Crippen LogP contribution is -2.12. The van der Waals surface area contributed by atoms with Gasteiger partial charge in [-0.15, -0.1) is 0 Å². The van der Waals surface area contributed by atoms with Crippen molar-refractivity contribution in [1.82, 2.24) is 0 Å². The van der Waals surface area contributed by atoms with Crippen molar-refractivity contribution in [2.75, 3.05) is 13.7 Å². The van der Waals surface area contributed by atoms with Gasteiger partial charge < -0.3 is 9.16 Å². The molecule has 0 saturated carbocycles. The van der Waals surface area contributed by atoms with Crippen molar-refractivity contribution in [2.24, 2.45) is 0 Å². The molecule has 0 heterocycles. The van der Waals surface area contributed by atoms with Crippen LogP contribution in [0.4, 0.5) is 0 Å². The quantitative estimate of drug-likeness (QED) is 0.283. The van der Waals surface area contributed by atoms with Crippen molar-refractivity contribution in [3.63, 3.8) is 0 Å². The lowest BCUT2D eigenvalue weighted by atomic mass is 10.4. The molecule has 0 N–H and O–H groups in total. The monoisotopic (exact) mass is 202 g/mol. The largest absolute Gasteiger partial charge is 0.462 e. The zero-order valence-corrected chi connectivity index (χ0v) is 9.79. The Labute approximate surface area is 81.5 Å². The molecule has 1 unspecified atom stereocenters. The van der Waals surface area contributed by atoms with E-state index in [4.69, 9.17) is 9.16 Å². The molecule has 0 aromatic carbocycles. The second-order valence-electron chi connectivity index (χ2n) is 3.10. The second kappa shape index (κ2) is 6.86. The third-order valence-electron chi connectivity index (χ3n) is 1.74. The maximum atomic E-state index is 10.9. The Morgan fingerprint density at radius 3 is 2.62 bits per heavy atom. The summed E-state index contributed by atoms with van der Waals surface area (Å²) >= 11 is 0. The van der Waals surface area contributed by atoms with E-state index >= 15 is 0 Å². The van der Waals surface area contributed by atoms with Gasteiger partial charge in [-0.25, -0.2) is 4.79 Å². The SMILES string of the molecule is C=C(C)C(=O)OCCC[SiH](C)OC. The van der Waals surface area contributed by atoms with Crippen molar-refractivity contribution >= 4 is 15.0 Å². The fourth-order valence-corrected chi connectivity index (χ4v) is 1.75. The summed E-state index contributed by atoms with van der Waals surface area (Å²) < 4.78 is 10.1. The van der Waals surface area contributed by atoms with Gasteiger partial charge in [-0.3, -0.25) is 0 Å². The highest BCUT2D eigenvalue weighted by Gasteiger charge is 2.04. The summed E-state index contributed by atoms with van der Waals surface area (Å²) in [6, 6.07) is 1.04. The average molecular weight is 202 g/mol. The summed E-state index contributed by atoms with van der Waals surface area (Å²) in [5, 5.41) is 0. The number of ether oxygens (including phenoxy) is 1. The summed E-state index contributed by atoms with van der Waals surface area (Å²) in [5.74, 6) is -0.299. The van der Waals surface area contributed by atoms with Crippen LogP contribution >= 0.6 is 0 Å². The lowest BCUT2D eigenvalue weighted by molar-refractivity contribution is -0.138. The van der Waals surface area contributed by atoms with Gasteiger partial charge in [0.05, 0.1) is 6.61 Å². The van der Waals surface area contributed by atoms with E-state index < -0.39 is 9.04 Å². The molecule has 0 aliphatic heterocycles. The van der Waals surface area contributed by atoms with E-state index in [0.717, 1.165) is 12.5 Å². The zero-order chi connectivity index (χ0) is 10.3. The number of rotatable bonds is 6. The Morgan fingerprint density at radius 1 is 1.54 bits per heavy atom. The van der Waals surface area contributed by atoms with E-state index in [0.29, 0.717) is 12.2 Å². The zero-order valence-electron chi connectivity index (χ0n) is 8.63. The normalized spacial score (nSPS) is 12.2. The minimum Gasteiger partial charge on any atom is -0.462 e. The Balaban J connectivity index is 3.36. The van der Waals surface area contributed by atoms with Crippen LogP contribution in [0.1, 0.15) is 13.3 Å². The summed E-state index contributed by atoms with van der Waals surface area (Å²) in [6.45, 7) is 7.75. The van der Waals surface area contributed by atoms with E-state index in [9.17, 15) is 4.79 Å². The lowest BCUT2D eigenvalue weighted by Gasteiger charge is -2.07. The number of hydrogen-bond acceptors (Lipinski definition) is 3. The van der Waals surface area contributed by atoms with E-state index in [1.165, 1.54) is 0 Å². The molecule has 13 heavy (non-hydrogen) atoms. The van der Waals surface area contributed by atoms with Crippen molar-refractivity contribution in [3.8, 4) is 0 Å². The fourth-order valence-electron chi connectivity index (χ4n) is 0.777. The molecule has 0 aromatic rings. The maximum Gasteiger partial charge on any atom is 0.333 e. The predicted octanol–water partition coefficient (Wildman–Crippen LogP) is 1.50. The highest BCUT2D eigenvalue weighted by molar-refractivity contribution is 6.50. The standard InChI is InChI=1S/C9H18O3Si/c1-8(2)9(10)12-6-5-7-13(4)11-3/h13H,1,5-7H2,2-4H3. The van der Waals surface area contributed by atoms with Gasteiger partial charge in [0, 0.05) is 12.7 Å². The minimum atomic E-state index is -0.983. The molecule has 0 radical (unpaired) electrons. The minimum absolute atomic E-state index is 0.299. The molecule has 0 aliphatic rings. The van der Waals surface area contributed by atoms with E-state index in [1.54, 1.807) is 14.0 Å². The molecule has 0 aromatic heterocycles. The molecule has 0 bridgehead atoms. The molecule has 1 atom stereocenters. The van der Waals surface area contributed by atoms with Gasteiger partial charge in [0.2, 0.25) is 0 Å². The smallest absolute Gasteiger partial charge is 0.333 e. The Morgan fingerprint density at radius 2 is 2.15 bits per heavy atom. The summed E-state index contributed by atoms with van der Waals surface area (Å²) in [4.78, 5) is 10.9. The van der Waals surface area contributed by atoms with E-state index in [-0.39, 0.29) is 5.97 Å². The van der Waals surface area contributed by atoms with Gasteiger partial charge in [-0.05, 0) is 25.9 Å². The first-order valence-corrected chi connectivity index (χ1v) is 6.87. The molecule has 0 fully saturated rings. The van der Waals surface area contributed by atoms with E-state index in [1.807, 2.05) is 0 Å². The molecular formula is C9H18O3Si. The first-order chi connectivity index (χ1) is 6.07. The molecule has 0 aliphatic carbocycles. The van der Waals surface area contributed by atoms with Crippen molar-refractivity contribution in [3.05, 3.63) is 12.2 Å². The summed E-state index contributed by atoms with van der Waals surface area (Å²) in [7, 11) is 0.750. The van der Waals surface area contributed by atoms with Crippen LogP contribution in [0.5, 0.6) is 0 Å². The molecule has 0 saturated heterocycles.